The second kappa shape index (κ2) is 6.19. The first-order valence-electron chi connectivity index (χ1n) is 5.70. The van der Waals surface area contributed by atoms with Gasteiger partial charge in [0.25, 0.3) is 0 Å². The second-order valence-corrected chi connectivity index (χ2v) is 4.95. The topological polar surface area (TPSA) is 80.9 Å². The molecule has 98 valence electrons. The van der Waals surface area contributed by atoms with E-state index in [0.29, 0.717) is 11.4 Å². The van der Waals surface area contributed by atoms with Crippen LogP contribution in [0.2, 0.25) is 0 Å². The molecule has 2 aromatic rings. The van der Waals surface area contributed by atoms with E-state index in [2.05, 4.69) is 15.3 Å². The van der Waals surface area contributed by atoms with Gasteiger partial charge in [-0.05, 0) is 24.6 Å². The van der Waals surface area contributed by atoms with Crippen molar-refractivity contribution in [2.75, 3.05) is 16.8 Å². The molecule has 3 N–H and O–H groups in total. The maximum atomic E-state index is 11.8. The number of nitrogen functional groups attached to an aromatic ring is 1. The monoisotopic (exact) mass is 274 g/mol. The van der Waals surface area contributed by atoms with E-state index in [1.165, 1.54) is 11.8 Å². The lowest BCUT2D eigenvalue weighted by molar-refractivity contribution is -0.113. The highest BCUT2D eigenvalue weighted by Gasteiger charge is 2.05. The summed E-state index contributed by atoms with van der Waals surface area (Å²) in [6, 6.07) is 5.46. The number of aryl methyl sites for hydroxylation is 1. The number of rotatable bonds is 4. The summed E-state index contributed by atoms with van der Waals surface area (Å²) < 4.78 is 0. The van der Waals surface area contributed by atoms with E-state index in [9.17, 15) is 4.79 Å². The summed E-state index contributed by atoms with van der Waals surface area (Å²) >= 11 is 1.34. The first-order valence-corrected chi connectivity index (χ1v) is 6.68. The lowest BCUT2D eigenvalue weighted by Crippen LogP contribution is -2.14. The molecule has 0 saturated heterocycles. The van der Waals surface area contributed by atoms with Crippen molar-refractivity contribution in [2.24, 2.45) is 0 Å². The molecule has 0 bridgehead atoms. The Kier molecular flexibility index (Phi) is 4.35. The number of hydrogen-bond donors (Lipinski definition) is 2. The highest BCUT2D eigenvalue weighted by Crippen LogP contribution is 2.18. The summed E-state index contributed by atoms with van der Waals surface area (Å²) in [4.78, 5) is 19.8. The van der Waals surface area contributed by atoms with Gasteiger partial charge in [-0.15, -0.1) is 0 Å². The van der Waals surface area contributed by atoms with Crippen LogP contribution in [-0.4, -0.2) is 21.6 Å². The second-order valence-electron chi connectivity index (χ2n) is 3.95. The molecule has 0 fully saturated rings. The normalized spacial score (nSPS) is 10.2. The average molecular weight is 274 g/mol. The first-order chi connectivity index (χ1) is 9.15. The standard InChI is InChI=1S/C13H14N4OS/c1-9-2-3-10(6-11(9)14)17-12(18)8-19-13-7-15-4-5-16-13/h2-7H,8,14H2,1H3,(H,17,18). The Bertz CT molecular complexity index is 574. The number of hydrogen-bond acceptors (Lipinski definition) is 5. The number of nitrogens with two attached hydrogens (primary N) is 1. The Hall–Kier alpha value is -2.08. The highest BCUT2D eigenvalue weighted by atomic mass is 32.2. The van der Waals surface area contributed by atoms with Crippen molar-refractivity contribution in [1.29, 1.82) is 0 Å². The van der Waals surface area contributed by atoms with Gasteiger partial charge in [0.05, 0.1) is 11.9 Å². The number of amides is 1. The quantitative estimate of drug-likeness (QED) is 0.659. The Labute approximate surface area is 115 Å². The minimum absolute atomic E-state index is 0.0982. The number of carbonyl (C=O) groups excluding carboxylic acids is 1. The predicted octanol–water partition coefficient (Wildman–Crippen LogP) is 2.10. The minimum Gasteiger partial charge on any atom is -0.398 e. The molecule has 6 heteroatoms. The molecule has 0 spiro atoms. The average Bonchev–Trinajstić information content (AvgIpc) is 2.42. The molecule has 1 aromatic heterocycles. The number of benzene rings is 1. The zero-order valence-electron chi connectivity index (χ0n) is 10.5. The van der Waals surface area contributed by atoms with E-state index >= 15 is 0 Å². The van der Waals surface area contributed by atoms with Crippen molar-refractivity contribution in [2.45, 2.75) is 11.9 Å². The molecular formula is C13H14N4OS. The fraction of sp³-hybridized carbons (Fsp3) is 0.154. The summed E-state index contributed by atoms with van der Waals surface area (Å²) in [5.41, 5.74) is 8.15. The van der Waals surface area contributed by atoms with Gasteiger partial charge < -0.3 is 11.1 Å². The first kappa shape index (κ1) is 13.4. The molecule has 0 aliphatic carbocycles. The zero-order chi connectivity index (χ0) is 13.7. The molecule has 0 aliphatic rings. The van der Waals surface area contributed by atoms with Gasteiger partial charge in [0, 0.05) is 23.8 Å². The van der Waals surface area contributed by atoms with Gasteiger partial charge in [0.15, 0.2) is 0 Å². The van der Waals surface area contributed by atoms with Crippen molar-refractivity contribution >= 4 is 29.0 Å². The summed E-state index contributed by atoms with van der Waals surface area (Å²) in [7, 11) is 0. The number of carbonyl (C=O) groups is 1. The number of nitrogens with zero attached hydrogens (tertiary/aromatic N) is 2. The molecular weight excluding hydrogens is 260 g/mol. The Balaban J connectivity index is 1.89. The third-order valence-corrected chi connectivity index (χ3v) is 3.37. The van der Waals surface area contributed by atoms with Crippen molar-refractivity contribution in [1.82, 2.24) is 9.97 Å². The Morgan fingerprint density at radius 1 is 1.42 bits per heavy atom. The van der Waals surface area contributed by atoms with Gasteiger partial charge in [0.2, 0.25) is 5.91 Å². The summed E-state index contributed by atoms with van der Waals surface area (Å²) in [6.07, 6.45) is 4.82. The van der Waals surface area contributed by atoms with E-state index in [-0.39, 0.29) is 11.7 Å². The van der Waals surface area contributed by atoms with Gasteiger partial charge in [-0.3, -0.25) is 9.78 Å². The van der Waals surface area contributed by atoms with Gasteiger partial charge in [0.1, 0.15) is 5.03 Å². The van der Waals surface area contributed by atoms with E-state index in [4.69, 9.17) is 5.73 Å². The maximum absolute atomic E-state index is 11.8. The van der Waals surface area contributed by atoms with Crippen LogP contribution in [0.25, 0.3) is 0 Å². The van der Waals surface area contributed by atoms with Crippen LogP contribution in [0.5, 0.6) is 0 Å². The molecule has 0 saturated carbocycles. The fourth-order valence-electron chi connectivity index (χ4n) is 1.41. The number of thioether (sulfide) groups is 1. The summed E-state index contributed by atoms with van der Waals surface area (Å²) in [6.45, 7) is 1.92. The third-order valence-electron chi connectivity index (χ3n) is 2.45. The molecule has 19 heavy (non-hydrogen) atoms. The molecule has 0 aliphatic heterocycles. The van der Waals surface area contributed by atoms with Crippen LogP contribution in [0.1, 0.15) is 5.56 Å². The van der Waals surface area contributed by atoms with Crippen molar-refractivity contribution in [3.05, 3.63) is 42.4 Å². The van der Waals surface area contributed by atoms with Gasteiger partial charge in [-0.25, -0.2) is 4.98 Å². The molecule has 0 radical (unpaired) electrons. The number of aromatic nitrogens is 2. The number of nitrogens with one attached hydrogen (secondary N) is 1. The number of anilines is 2. The molecule has 1 amide bonds. The van der Waals surface area contributed by atoms with E-state index in [1.807, 2.05) is 19.1 Å². The molecule has 2 rings (SSSR count). The lowest BCUT2D eigenvalue weighted by atomic mass is 10.2. The fourth-order valence-corrected chi connectivity index (χ4v) is 2.04. The Morgan fingerprint density at radius 2 is 2.26 bits per heavy atom. The Morgan fingerprint density at radius 3 is 2.95 bits per heavy atom. The molecule has 1 heterocycles. The van der Waals surface area contributed by atoms with Crippen LogP contribution >= 0.6 is 11.8 Å². The zero-order valence-corrected chi connectivity index (χ0v) is 11.3. The van der Waals surface area contributed by atoms with Crippen LogP contribution in [0.15, 0.2) is 41.8 Å². The third kappa shape index (κ3) is 3.96. The summed E-state index contributed by atoms with van der Waals surface area (Å²) in [5.74, 6) is 0.186. The maximum Gasteiger partial charge on any atom is 0.234 e. The van der Waals surface area contributed by atoms with E-state index in [0.717, 1.165) is 10.6 Å². The van der Waals surface area contributed by atoms with Crippen molar-refractivity contribution in [3.8, 4) is 0 Å². The highest BCUT2D eigenvalue weighted by molar-refractivity contribution is 7.99. The van der Waals surface area contributed by atoms with Crippen molar-refractivity contribution < 1.29 is 4.79 Å². The van der Waals surface area contributed by atoms with E-state index < -0.39 is 0 Å². The molecule has 5 nitrogen and oxygen atoms in total. The largest absolute Gasteiger partial charge is 0.398 e. The predicted molar refractivity (Wildman–Crippen MR) is 77.0 cm³/mol. The SMILES string of the molecule is Cc1ccc(NC(=O)CSc2cnccn2)cc1N. The van der Waals surface area contributed by atoms with Gasteiger partial charge >= 0.3 is 0 Å². The minimum atomic E-state index is -0.0982. The van der Waals surface area contributed by atoms with Gasteiger partial charge in [-0.1, -0.05) is 17.8 Å². The summed E-state index contributed by atoms with van der Waals surface area (Å²) in [5, 5.41) is 3.52. The van der Waals surface area contributed by atoms with Gasteiger partial charge in [-0.2, -0.15) is 0 Å². The van der Waals surface area contributed by atoms with Crippen LogP contribution in [-0.2, 0) is 4.79 Å². The lowest BCUT2D eigenvalue weighted by Gasteiger charge is -2.07. The molecule has 0 atom stereocenters. The van der Waals surface area contributed by atoms with Crippen LogP contribution in [0, 0.1) is 6.92 Å². The van der Waals surface area contributed by atoms with Crippen LogP contribution in [0.3, 0.4) is 0 Å². The van der Waals surface area contributed by atoms with Crippen LogP contribution in [0.4, 0.5) is 11.4 Å². The van der Waals surface area contributed by atoms with E-state index in [1.54, 1.807) is 24.7 Å². The van der Waals surface area contributed by atoms with Crippen LogP contribution < -0.4 is 11.1 Å². The smallest absolute Gasteiger partial charge is 0.234 e. The van der Waals surface area contributed by atoms with Crippen molar-refractivity contribution in [3.63, 3.8) is 0 Å². The molecule has 0 unspecified atom stereocenters. The molecule has 1 aromatic carbocycles.